The van der Waals surface area contributed by atoms with Crippen molar-refractivity contribution in [2.45, 2.75) is 52.2 Å². The van der Waals surface area contributed by atoms with Gasteiger partial charge in [0, 0.05) is 17.5 Å². The van der Waals surface area contributed by atoms with Gasteiger partial charge in [0.25, 0.3) is 5.56 Å². The molecule has 5 rings (SSSR count). The smallest absolute Gasteiger partial charge is 0.391 e. The first kappa shape index (κ1) is 24.4. The van der Waals surface area contributed by atoms with Crippen molar-refractivity contribution >= 4 is 5.78 Å². The van der Waals surface area contributed by atoms with E-state index >= 15 is 0 Å². The van der Waals surface area contributed by atoms with Gasteiger partial charge < -0.3 is 5.11 Å². The molecular weight excluding hydrogens is 472 g/mol. The Morgan fingerprint density at radius 2 is 1.81 bits per heavy atom. The highest BCUT2D eigenvalue weighted by atomic mass is 16.5. The van der Waals surface area contributed by atoms with Gasteiger partial charge in [0.05, 0.1) is 18.3 Å². The fourth-order valence-electron chi connectivity index (χ4n) is 4.58. The molecule has 5 aromatic rings. The molecular formula is C27H28N6O4. The maximum atomic E-state index is 13.7. The molecule has 2 aromatic carbocycles. The standard InChI is InChI=1S/C27H28N6O4/c1-3-7-23-22(25(35)32(15-19(34)4-2)26-28-16-29-33(23)26)14-17-10-12-18(13-11-17)20-8-5-6-9-21(20)24-30-27(36)37-31-24/h5-6,8-13,16,19,34H,3-4,7,14-15H2,1-2H3,(H,30,31,36). The van der Waals surface area contributed by atoms with Gasteiger partial charge in [-0.1, -0.05) is 74.0 Å². The molecule has 10 heteroatoms. The van der Waals surface area contributed by atoms with Gasteiger partial charge in [-0.05, 0) is 29.5 Å². The maximum Gasteiger partial charge on any atom is 0.439 e. The number of aliphatic hydroxyl groups is 1. The van der Waals surface area contributed by atoms with Gasteiger partial charge >= 0.3 is 5.76 Å². The Morgan fingerprint density at radius 3 is 2.49 bits per heavy atom. The zero-order chi connectivity index (χ0) is 25.9. The lowest BCUT2D eigenvalue weighted by Gasteiger charge is -2.17. The van der Waals surface area contributed by atoms with Crippen molar-refractivity contribution in [1.82, 2.24) is 29.3 Å². The van der Waals surface area contributed by atoms with Crippen LogP contribution >= 0.6 is 0 Å². The fraction of sp³-hybridized carbons (Fsp3) is 0.296. The minimum atomic E-state index is -0.651. The van der Waals surface area contributed by atoms with Crippen LogP contribution in [0.1, 0.15) is 43.5 Å². The number of nitrogens with one attached hydrogen (secondary N) is 1. The number of nitrogens with zero attached hydrogens (tertiary/aromatic N) is 5. The quantitative estimate of drug-likeness (QED) is 0.318. The highest BCUT2D eigenvalue weighted by Gasteiger charge is 2.20. The number of aromatic nitrogens is 6. The molecule has 0 amide bonds. The molecule has 0 fully saturated rings. The van der Waals surface area contributed by atoms with Gasteiger partial charge in [0.15, 0.2) is 5.82 Å². The molecule has 190 valence electrons. The Labute approximate surface area is 212 Å². The van der Waals surface area contributed by atoms with Gasteiger partial charge in [-0.2, -0.15) is 10.1 Å². The molecule has 3 heterocycles. The molecule has 0 aliphatic rings. The highest BCUT2D eigenvalue weighted by molar-refractivity contribution is 5.80. The van der Waals surface area contributed by atoms with Crippen molar-refractivity contribution in [2.24, 2.45) is 0 Å². The summed E-state index contributed by atoms with van der Waals surface area (Å²) in [5.41, 5.74) is 4.88. The number of rotatable bonds is 9. The normalized spacial score (nSPS) is 12.3. The summed E-state index contributed by atoms with van der Waals surface area (Å²) in [5.74, 6) is 0.205. The van der Waals surface area contributed by atoms with Crippen molar-refractivity contribution in [3.8, 4) is 22.5 Å². The number of fused-ring (bicyclic) bond motifs is 1. The lowest BCUT2D eigenvalue weighted by atomic mass is 9.96. The van der Waals surface area contributed by atoms with E-state index in [4.69, 9.17) is 0 Å². The van der Waals surface area contributed by atoms with Crippen LogP contribution < -0.4 is 11.3 Å². The Balaban J connectivity index is 1.53. The van der Waals surface area contributed by atoms with Crippen molar-refractivity contribution in [3.05, 3.63) is 92.6 Å². The van der Waals surface area contributed by atoms with Gasteiger partial charge in [0.1, 0.15) is 6.33 Å². The van der Waals surface area contributed by atoms with Gasteiger partial charge in [0.2, 0.25) is 5.78 Å². The van der Waals surface area contributed by atoms with Crippen LogP contribution in [0.4, 0.5) is 0 Å². The second-order valence-corrected chi connectivity index (χ2v) is 8.99. The van der Waals surface area contributed by atoms with Gasteiger partial charge in [-0.15, -0.1) is 0 Å². The van der Waals surface area contributed by atoms with Crippen LogP contribution in [0.3, 0.4) is 0 Å². The molecule has 3 aromatic heterocycles. The van der Waals surface area contributed by atoms with E-state index in [2.05, 4.69) is 31.7 Å². The fourth-order valence-corrected chi connectivity index (χ4v) is 4.58. The van der Waals surface area contributed by atoms with E-state index in [-0.39, 0.29) is 12.1 Å². The first-order valence-corrected chi connectivity index (χ1v) is 12.4. The predicted molar refractivity (Wildman–Crippen MR) is 138 cm³/mol. The summed E-state index contributed by atoms with van der Waals surface area (Å²) in [7, 11) is 0. The molecule has 2 N–H and O–H groups in total. The van der Waals surface area contributed by atoms with E-state index in [1.54, 1.807) is 4.52 Å². The van der Waals surface area contributed by atoms with Gasteiger partial charge in [-0.25, -0.2) is 9.31 Å². The third-order valence-electron chi connectivity index (χ3n) is 6.50. The van der Waals surface area contributed by atoms with E-state index in [0.717, 1.165) is 34.4 Å². The number of aliphatic hydroxyl groups excluding tert-OH is 1. The van der Waals surface area contributed by atoms with Crippen LogP contribution in [0.15, 0.2) is 69.0 Å². The number of H-pyrrole nitrogens is 1. The molecule has 0 saturated carbocycles. The zero-order valence-electron chi connectivity index (χ0n) is 20.7. The molecule has 37 heavy (non-hydrogen) atoms. The summed E-state index contributed by atoms with van der Waals surface area (Å²) in [6.07, 6.45) is 3.28. The second kappa shape index (κ2) is 10.4. The summed E-state index contributed by atoms with van der Waals surface area (Å²) < 4.78 is 7.94. The summed E-state index contributed by atoms with van der Waals surface area (Å²) in [5, 5.41) is 18.5. The lowest BCUT2D eigenvalue weighted by Crippen LogP contribution is -2.33. The van der Waals surface area contributed by atoms with E-state index in [1.807, 2.05) is 55.5 Å². The van der Waals surface area contributed by atoms with Crippen LogP contribution in [-0.2, 0) is 19.4 Å². The van der Waals surface area contributed by atoms with Crippen LogP contribution in [-0.4, -0.2) is 40.5 Å². The molecule has 0 aliphatic carbocycles. The Morgan fingerprint density at radius 1 is 1.05 bits per heavy atom. The van der Waals surface area contributed by atoms with Crippen LogP contribution in [0.2, 0.25) is 0 Å². The number of aromatic amines is 1. The maximum absolute atomic E-state index is 13.7. The number of hydrogen-bond donors (Lipinski definition) is 2. The average molecular weight is 501 g/mol. The van der Waals surface area contributed by atoms with Crippen LogP contribution in [0.25, 0.3) is 28.3 Å². The largest absolute Gasteiger partial charge is 0.439 e. The van der Waals surface area contributed by atoms with Crippen molar-refractivity contribution in [3.63, 3.8) is 0 Å². The van der Waals surface area contributed by atoms with E-state index in [9.17, 15) is 14.7 Å². The average Bonchev–Trinajstić information content (AvgIpc) is 3.58. The number of aryl methyl sites for hydroxylation is 1. The molecule has 1 unspecified atom stereocenters. The summed E-state index contributed by atoms with van der Waals surface area (Å²) >= 11 is 0. The topological polar surface area (TPSA) is 131 Å². The molecule has 1 atom stereocenters. The van der Waals surface area contributed by atoms with E-state index < -0.39 is 11.9 Å². The molecule has 0 radical (unpaired) electrons. The third-order valence-corrected chi connectivity index (χ3v) is 6.50. The predicted octanol–water partition coefficient (Wildman–Crippen LogP) is 3.22. The molecule has 10 nitrogen and oxygen atoms in total. The van der Waals surface area contributed by atoms with Crippen LogP contribution in [0.5, 0.6) is 0 Å². The van der Waals surface area contributed by atoms with Crippen molar-refractivity contribution < 1.29 is 9.63 Å². The lowest BCUT2D eigenvalue weighted by molar-refractivity contribution is 0.149. The van der Waals surface area contributed by atoms with Crippen molar-refractivity contribution in [1.29, 1.82) is 0 Å². The number of hydrogen-bond acceptors (Lipinski definition) is 7. The first-order valence-electron chi connectivity index (χ1n) is 12.4. The van der Waals surface area contributed by atoms with E-state index in [0.29, 0.717) is 36.4 Å². The number of benzene rings is 2. The Kier molecular flexibility index (Phi) is 6.82. The Hall–Kier alpha value is -4.31. The molecule has 0 spiro atoms. The molecule has 0 bridgehead atoms. The second-order valence-electron chi connectivity index (χ2n) is 8.99. The molecule has 0 aliphatic heterocycles. The minimum Gasteiger partial charge on any atom is -0.391 e. The van der Waals surface area contributed by atoms with Crippen molar-refractivity contribution in [2.75, 3.05) is 0 Å². The van der Waals surface area contributed by atoms with Crippen LogP contribution in [0, 0.1) is 0 Å². The minimum absolute atomic E-state index is 0.152. The third kappa shape index (κ3) is 4.75. The SMILES string of the molecule is CCCc1c(Cc2ccc(-c3ccccc3-c3noc(=O)[nH]3)cc2)c(=O)n(CC(O)CC)c2ncnn12. The summed E-state index contributed by atoms with van der Waals surface area (Å²) in [6.45, 7) is 4.10. The van der Waals surface area contributed by atoms with E-state index in [1.165, 1.54) is 10.9 Å². The van der Waals surface area contributed by atoms with Gasteiger partial charge in [-0.3, -0.25) is 18.9 Å². The zero-order valence-corrected chi connectivity index (χ0v) is 20.7. The molecule has 0 saturated heterocycles. The Bertz CT molecular complexity index is 1640. The summed E-state index contributed by atoms with van der Waals surface area (Å²) in [4.78, 5) is 32.0. The first-order chi connectivity index (χ1) is 18.0. The summed E-state index contributed by atoms with van der Waals surface area (Å²) in [6, 6.07) is 15.6. The monoisotopic (exact) mass is 500 g/mol. The highest BCUT2D eigenvalue weighted by Crippen LogP contribution is 2.30.